The van der Waals surface area contributed by atoms with Gasteiger partial charge in [0, 0.05) is 11.1 Å². The monoisotopic (exact) mass is 396 g/mol. The molecule has 0 saturated carbocycles. The first-order valence-corrected chi connectivity index (χ1v) is 8.96. The van der Waals surface area contributed by atoms with E-state index >= 15 is 0 Å². The lowest BCUT2D eigenvalue weighted by molar-refractivity contribution is 0.0955. The minimum atomic E-state index is -0.402. The van der Waals surface area contributed by atoms with E-state index in [-0.39, 0.29) is 12.5 Å². The quantitative estimate of drug-likeness (QED) is 0.464. The van der Waals surface area contributed by atoms with E-state index in [2.05, 4.69) is 10.5 Å². The van der Waals surface area contributed by atoms with Crippen molar-refractivity contribution >= 4 is 23.7 Å². The molecule has 0 bridgehead atoms. The van der Waals surface area contributed by atoms with Gasteiger partial charge >= 0.3 is 0 Å². The third kappa shape index (κ3) is 5.18. The highest BCUT2D eigenvalue weighted by molar-refractivity contribution is 6.31. The van der Waals surface area contributed by atoms with Gasteiger partial charge in [-0.25, -0.2) is 9.82 Å². The number of nitrogens with zero attached hydrogens (tertiary/aromatic N) is 1. The standard InChI is InChI=1S/C22H18ClFN2O2/c1-15-5-9-17(10-6-15)22(27)26-25-13-16-7-11-18(12-8-16)28-14-19-20(23)3-2-4-21(19)24/h2-13H,14H2,1H3,(H,26,27)/b25-13+. The van der Waals surface area contributed by atoms with Crippen LogP contribution in [0.1, 0.15) is 27.0 Å². The topological polar surface area (TPSA) is 50.7 Å². The van der Waals surface area contributed by atoms with Gasteiger partial charge in [-0.15, -0.1) is 0 Å². The molecular weight excluding hydrogens is 379 g/mol. The first-order chi connectivity index (χ1) is 13.5. The summed E-state index contributed by atoms with van der Waals surface area (Å²) in [6, 6.07) is 18.8. The number of carbonyl (C=O) groups is 1. The molecule has 0 radical (unpaired) electrons. The number of halogens is 2. The maximum Gasteiger partial charge on any atom is 0.271 e. The van der Waals surface area contributed by atoms with Crippen molar-refractivity contribution < 1.29 is 13.9 Å². The fraction of sp³-hybridized carbons (Fsp3) is 0.0909. The molecule has 3 aromatic carbocycles. The van der Waals surface area contributed by atoms with Gasteiger partial charge in [0.1, 0.15) is 18.2 Å². The van der Waals surface area contributed by atoms with Crippen molar-refractivity contribution in [3.63, 3.8) is 0 Å². The summed E-state index contributed by atoms with van der Waals surface area (Å²) in [5, 5.41) is 4.28. The highest BCUT2D eigenvalue weighted by Crippen LogP contribution is 2.21. The van der Waals surface area contributed by atoms with Gasteiger partial charge in [0.2, 0.25) is 0 Å². The lowest BCUT2D eigenvalue weighted by atomic mass is 10.1. The van der Waals surface area contributed by atoms with Crippen LogP contribution in [0.3, 0.4) is 0 Å². The van der Waals surface area contributed by atoms with Crippen molar-refractivity contribution in [3.8, 4) is 5.75 Å². The number of nitrogens with one attached hydrogen (secondary N) is 1. The molecule has 0 aromatic heterocycles. The Bertz CT molecular complexity index is 966. The zero-order valence-corrected chi connectivity index (χ0v) is 15.9. The van der Waals surface area contributed by atoms with E-state index in [0.29, 0.717) is 21.9 Å². The maximum absolute atomic E-state index is 13.7. The Labute approximate surface area is 167 Å². The number of rotatable bonds is 6. The Morgan fingerprint density at radius 2 is 1.82 bits per heavy atom. The number of hydrazone groups is 1. The first kappa shape index (κ1) is 19.6. The second-order valence-corrected chi connectivity index (χ2v) is 6.53. The molecule has 1 N–H and O–H groups in total. The van der Waals surface area contributed by atoms with Crippen LogP contribution in [-0.4, -0.2) is 12.1 Å². The Hall–Kier alpha value is -3.18. The van der Waals surface area contributed by atoms with Crippen LogP contribution in [-0.2, 0) is 6.61 Å². The fourth-order valence-corrected chi connectivity index (χ4v) is 2.63. The summed E-state index contributed by atoms with van der Waals surface area (Å²) in [4.78, 5) is 12.0. The second-order valence-electron chi connectivity index (χ2n) is 6.12. The average Bonchev–Trinajstić information content (AvgIpc) is 2.69. The predicted molar refractivity (Wildman–Crippen MR) is 108 cm³/mol. The van der Waals surface area contributed by atoms with Gasteiger partial charge in [0.05, 0.1) is 11.2 Å². The van der Waals surface area contributed by atoms with Crippen LogP contribution < -0.4 is 10.2 Å². The lowest BCUT2D eigenvalue weighted by Crippen LogP contribution is -2.17. The minimum Gasteiger partial charge on any atom is -0.489 e. The van der Waals surface area contributed by atoms with Crippen LogP contribution in [0.25, 0.3) is 0 Å². The van der Waals surface area contributed by atoms with Gasteiger partial charge in [-0.2, -0.15) is 5.10 Å². The molecule has 0 heterocycles. The van der Waals surface area contributed by atoms with Crippen LogP contribution in [0.4, 0.5) is 4.39 Å². The summed E-state index contributed by atoms with van der Waals surface area (Å²) in [6.07, 6.45) is 1.53. The molecule has 0 saturated heterocycles. The van der Waals surface area contributed by atoms with Crippen LogP contribution in [0.2, 0.25) is 5.02 Å². The van der Waals surface area contributed by atoms with Crippen molar-refractivity contribution in [1.82, 2.24) is 5.43 Å². The summed E-state index contributed by atoms with van der Waals surface area (Å²) in [6.45, 7) is 1.99. The van der Waals surface area contributed by atoms with Gasteiger partial charge in [-0.05, 0) is 61.0 Å². The molecular formula is C22H18ClFN2O2. The summed E-state index contributed by atoms with van der Waals surface area (Å²) in [7, 11) is 0. The van der Waals surface area contributed by atoms with E-state index in [0.717, 1.165) is 11.1 Å². The second kappa shape index (κ2) is 9.15. The van der Waals surface area contributed by atoms with Gasteiger partial charge in [-0.3, -0.25) is 4.79 Å². The molecule has 0 unspecified atom stereocenters. The Kier molecular flexibility index (Phi) is 6.40. The van der Waals surface area contributed by atoms with E-state index in [9.17, 15) is 9.18 Å². The van der Waals surface area contributed by atoms with Gasteiger partial charge in [0.15, 0.2) is 0 Å². The molecule has 0 fully saturated rings. The normalized spacial score (nSPS) is 10.8. The van der Waals surface area contributed by atoms with Crippen molar-refractivity contribution in [2.75, 3.05) is 0 Å². The van der Waals surface area contributed by atoms with Crippen molar-refractivity contribution in [3.05, 3.63) is 99.8 Å². The predicted octanol–water partition coefficient (Wildman–Crippen LogP) is 5.13. The minimum absolute atomic E-state index is 0.0333. The Morgan fingerprint density at radius 1 is 1.11 bits per heavy atom. The van der Waals surface area contributed by atoms with Crippen molar-refractivity contribution in [2.24, 2.45) is 5.10 Å². The van der Waals surface area contributed by atoms with E-state index in [1.54, 1.807) is 48.5 Å². The van der Waals surface area contributed by atoms with Gasteiger partial charge in [-0.1, -0.05) is 35.4 Å². The number of benzene rings is 3. The average molecular weight is 397 g/mol. The van der Waals surface area contributed by atoms with E-state index < -0.39 is 5.82 Å². The highest BCUT2D eigenvalue weighted by Gasteiger charge is 2.07. The zero-order valence-electron chi connectivity index (χ0n) is 15.2. The highest BCUT2D eigenvalue weighted by atomic mass is 35.5. The molecule has 28 heavy (non-hydrogen) atoms. The molecule has 0 aliphatic heterocycles. The molecule has 0 aliphatic carbocycles. The fourth-order valence-electron chi connectivity index (χ4n) is 2.41. The van der Waals surface area contributed by atoms with Crippen LogP contribution in [0, 0.1) is 12.7 Å². The number of hydrogen-bond acceptors (Lipinski definition) is 3. The Balaban J connectivity index is 1.54. The summed E-state index contributed by atoms with van der Waals surface area (Å²) in [5.74, 6) is -0.112. The molecule has 142 valence electrons. The van der Waals surface area contributed by atoms with Crippen molar-refractivity contribution in [2.45, 2.75) is 13.5 Å². The molecule has 1 amide bonds. The third-order valence-corrected chi connectivity index (χ3v) is 4.37. The molecule has 0 spiro atoms. The number of amides is 1. The lowest BCUT2D eigenvalue weighted by Gasteiger charge is -2.08. The van der Waals surface area contributed by atoms with Gasteiger partial charge < -0.3 is 4.74 Å². The van der Waals surface area contributed by atoms with Gasteiger partial charge in [0.25, 0.3) is 5.91 Å². The molecule has 3 rings (SSSR count). The SMILES string of the molecule is Cc1ccc(C(=O)N/N=C/c2ccc(OCc3c(F)cccc3Cl)cc2)cc1. The first-order valence-electron chi connectivity index (χ1n) is 8.59. The largest absolute Gasteiger partial charge is 0.489 e. The van der Waals surface area contributed by atoms with Crippen LogP contribution in [0.15, 0.2) is 71.8 Å². The van der Waals surface area contributed by atoms with Crippen LogP contribution in [0.5, 0.6) is 5.75 Å². The zero-order chi connectivity index (χ0) is 19.9. The summed E-state index contributed by atoms with van der Waals surface area (Å²) >= 11 is 5.98. The molecule has 0 atom stereocenters. The summed E-state index contributed by atoms with van der Waals surface area (Å²) in [5.41, 5.74) is 5.20. The smallest absolute Gasteiger partial charge is 0.271 e. The molecule has 0 aliphatic rings. The number of aryl methyl sites for hydroxylation is 1. The summed E-state index contributed by atoms with van der Waals surface area (Å²) < 4.78 is 19.3. The van der Waals surface area contributed by atoms with E-state index in [4.69, 9.17) is 16.3 Å². The van der Waals surface area contributed by atoms with Crippen molar-refractivity contribution in [1.29, 1.82) is 0 Å². The maximum atomic E-state index is 13.7. The molecule has 4 nitrogen and oxygen atoms in total. The van der Waals surface area contributed by atoms with E-state index in [1.165, 1.54) is 12.3 Å². The number of carbonyl (C=O) groups excluding carboxylic acids is 1. The Morgan fingerprint density at radius 3 is 2.50 bits per heavy atom. The third-order valence-electron chi connectivity index (χ3n) is 4.02. The molecule has 6 heteroatoms. The van der Waals surface area contributed by atoms with Crippen LogP contribution >= 0.6 is 11.6 Å². The molecule has 3 aromatic rings. The van der Waals surface area contributed by atoms with E-state index in [1.807, 2.05) is 19.1 Å². The number of hydrogen-bond donors (Lipinski definition) is 1. The number of ether oxygens (including phenoxy) is 1.